The Kier molecular flexibility index (Phi) is 5.78. The van der Waals surface area contributed by atoms with E-state index in [1.54, 1.807) is 0 Å². The number of ether oxygens (including phenoxy) is 1. The second kappa shape index (κ2) is 6.87. The quantitative estimate of drug-likeness (QED) is 0.636. The summed E-state index contributed by atoms with van der Waals surface area (Å²) in [4.78, 5) is 0.435. The highest BCUT2D eigenvalue weighted by Gasteiger charge is 2.07. The number of hydrogen-bond acceptors (Lipinski definition) is 3. The van der Waals surface area contributed by atoms with Gasteiger partial charge in [-0.1, -0.05) is 19.1 Å². The number of thioether (sulfide) groups is 1. The van der Waals surface area contributed by atoms with Crippen LogP contribution in [0, 0.1) is 13.8 Å². The summed E-state index contributed by atoms with van der Waals surface area (Å²) in [6.45, 7) is 6.94. The molecule has 0 spiro atoms. The van der Waals surface area contributed by atoms with Crippen LogP contribution >= 0.6 is 24.0 Å². The van der Waals surface area contributed by atoms with Gasteiger partial charge in [0.1, 0.15) is 10.7 Å². The van der Waals surface area contributed by atoms with Gasteiger partial charge in [-0.15, -0.1) is 0 Å². The molecule has 2 N–H and O–H groups in total. The zero-order chi connectivity index (χ0) is 12.8. The van der Waals surface area contributed by atoms with Gasteiger partial charge >= 0.3 is 0 Å². The molecule has 1 aromatic carbocycles. The first-order chi connectivity index (χ1) is 8.06. The van der Waals surface area contributed by atoms with Gasteiger partial charge in [-0.3, -0.25) is 0 Å². The molecule has 0 atom stereocenters. The lowest BCUT2D eigenvalue weighted by Gasteiger charge is -2.13. The first-order valence-corrected chi connectivity index (χ1v) is 7.24. The van der Waals surface area contributed by atoms with Crippen LogP contribution in [0.2, 0.25) is 0 Å². The van der Waals surface area contributed by atoms with Crippen LogP contribution in [0.3, 0.4) is 0 Å². The van der Waals surface area contributed by atoms with Crippen LogP contribution in [0.15, 0.2) is 12.1 Å². The molecule has 0 amide bonds. The summed E-state index contributed by atoms with van der Waals surface area (Å²) in [6.07, 6.45) is 0. The molecule has 0 aliphatic heterocycles. The first kappa shape index (κ1) is 14.3. The summed E-state index contributed by atoms with van der Waals surface area (Å²) in [5.41, 5.74) is 8.72. The Labute approximate surface area is 113 Å². The molecule has 0 saturated carbocycles. The third-order valence-electron chi connectivity index (χ3n) is 2.42. The molecule has 4 heteroatoms. The van der Waals surface area contributed by atoms with E-state index >= 15 is 0 Å². The van der Waals surface area contributed by atoms with Crippen LogP contribution in [0.4, 0.5) is 0 Å². The lowest BCUT2D eigenvalue weighted by molar-refractivity contribution is 0.339. The van der Waals surface area contributed by atoms with Crippen LogP contribution in [-0.2, 0) is 0 Å². The minimum absolute atomic E-state index is 0.435. The largest absolute Gasteiger partial charge is 0.492 e. The Morgan fingerprint density at radius 1 is 1.35 bits per heavy atom. The molecule has 0 fully saturated rings. The molecule has 0 unspecified atom stereocenters. The summed E-state index contributed by atoms with van der Waals surface area (Å²) >= 11 is 6.86. The van der Waals surface area contributed by atoms with Gasteiger partial charge in [-0.05, 0) is 42.9 Å². The van der Waals surface area contributed by atoms with Crippen molar-refractivity contribution in [1.29, 1.82) is 0 Å². The summed E-state index contributed by atoms with van der Waals surface area (Å²) in [7, 11) is 0. The molecule has 17 heavy (non-hydrogen) atoms. The normalized spacial score (nSPS) is 10.3. The Bertz CT molecular complexity index is 381. The summed E-state index contributed by atoms with van der Waals surface area (Å²) in [6, 6.07) is 3.97. The van der Waals surface area contributed by atoms with Crippen LogP contribution in [0.1, 0.15) is 23.6 Å². The van der Waals surface area contributed by atoms with Crippen molar-refractivity contribution in [1.82, 2.24) is 0 Å². The van der Waals surface area contributed by atoms with Crippen LogP contribution in [-0.4, -0.2) is 23.1 Å². The van der Waals surface area contributed by atoms with Gasteiger partial charge in [0.05, 0.1) is 6.61 Å². The topological polar surface area (TPSA) is 35.2 Å². The minimum Gasteiger partial charge on any atom is -0.492 e. The van der Waals surface area contributed by atoms with Crippen molar-refractivity contribution in [2.45, 2.75) is 20.8 Å². The lowest BCUT2D eigenvalue weighted by Crippen LogP contribution is -2.11. The molecular formula is C13H19NOS2. The average molecular weight is 269 g/mol. The zero-order valence-electron chi connectivity index (χ0n) is 10.6. The monoisotopic (exact) mass is 269 g/mol. The Balaban J connectivity index is 2.76. The van der Waals surface area contributed by atoms with Gasteiger partial charge in [-0.2, -0.15) is 11.8 Å². The predicted octanol–water partition coefficient (Wildman–Crippen LogP) is 3.07. The molecule has 0 aliphatic rings. The highest BCUT2D eigenvalue weighted by molar-refractivity contribution is 7.99. The van der Waals surface area contributed by atoms with Crippen molar-refractivity contribution in [3.63, 3.8) is 0 Å². The van der Waals surface area contributed by atoms with Gasteiger partial charge in [-0.25, -0.2) is 0 Å². The minimum atomic E-state index is 0.435. The van der Waals surface area contributed by atoms with E-state index in [0.717, 1.165) is 40.6 Å². The van der Waals surface area contributed by atoms with Crippen molar-refractivity contribution in [3.8, 4) is 5.75 Å². The van der Waals surface area contributed by atoms with E-state index in [0.29, 0.717) is 4.99 Å². The third kappa shape index (κ3) is 4.21. The number of nitrogens with two attached hydrogens (primary N) is 1. The maximum absolute atomic E-state index is 5.80. The van der Waals surface area contributed by atoms with Crippen molar-refractivity contribution < 1.29 is 4.74 Å². The van der Waals surface area contributed by atoms with Gasteiger partial charge in [0.25, 0.3) is 0 Å². The third-order valence-corrected chi connectivity index (χ3v) is 3.52. The number of benzene rings is 1. The second-order valence-electron chi connectivity index (χ2n) is 3.85. The Hall–Kier alpha value is -0.740. The lowest BCUT2D eigenvalue weighted by atomic mass is 10.1. The van der Waals surface area contributed by atoms with Gasteiger partial charge in [0.2, 0.25) is 0 Å². The molecular weight excluding hydrogens is 250 g/mol. The highest BCUT2D eigenvalue weighted by Crippen LogP contribution is 2.25. The smallest absolute Gasteiger partial charge is 0.125 e. The zero-order valence-corrected chi connectivity index (χ0v) is 12.2. The fourth-order valence-corrected chi connectivity index (χ4v) is 2.27. The molecule has 94 valence electrons. The summed E-state index contributed by atoms with van der Waals surface area (Å²) in [5, 5.41) is 0. The molecule has 0 heterocycles. The van der Waals surface area contributed by atoms with E-state index in [4.69, 9.17) is 22.7 Å². The SMILES string of the molecule is CCSCCOc1c(C)cc(C(N)=S)cc1C. The number of hydrogen-bond donors (Lipinski definition) is 1. The van der Waals surface area contributed by atoms with Crippen molar-refractivity contribution in [2.75, 3.05) is 18.1 Å². The molecule has 0 saturated heterocycles. The van der Waals surface area contributed by atoms with Crippen LogP contribution in [0.5, 0.6) is 5.75 Å². The molecule has 0 bridgehead atoms. The summed E-state index contributed by atoms with van der Waals surface area (Å²) in [5.74, 6) is 3.11. The Morgan fingerprint density at radius 2 is 1.94 bits per heavy atom. The number of rotatable bonds is 6. The van der Waals surface area contributed by atoms with Crippen molar-refractivity contribution in [3.05, 3.63) is 28.8 Å². The molecule has 0 aliphatic carbocycles. The Morgan fingerprint density at radius 3 is 2.41 bits per heavy atom. The van der Waals surface area contributed by atoms with E-state index in [2.05, 4.69) is 6.92 Å². The standard InChI is InChI=1S/C13H19NOS2/c1-4-17-6-5-15-12-9(2)7-11(13(14)16)8-10(12)3/h7-8H,4-6H2,1-3H3,(H2,14,16). The molecule has 2 nitrogen and oxygen atoms in total. The van der Waals surface area contributed by atoms with E-state index in [1.807, 2.05) is 37.7 Å². The number of aryl methyl sites for hydroxylation is 2. The highest BCUT2D eigenvalue weighted by atomic mass is 32.2. The van der Waals surface area contributed by atoms with E-state index in [1.165, 1.54) is 0 Å². The first-order valence-electron chi connectivity index (χ1n) is 5.67. The summed E-state index contributed by atoms with van der Waals surface area (Å²) < 4.78 is 5.80. The maximum atomic E-state index is 5.80. The van der Waals surface area contributed by atoms with Gasteiger partial charge in [0, 0.05) is 11.3 Å². The van der Waals surface area contributed by atoms with Gasteiger partial charge < -0.3 is 10.5 Å². The fourth-order valence-electron chi connectivity index (χ4n) is 1.67. The second-order valence-corrected chi connectivity index (χ2v) is 5.68. The van der Waals surface area contributed by atoms with Crippen LogP contribution in [0.25, 0.3) is 0 Å². The van der Waals surface area contributed by atoms with Crippen LogP contribution < -0.4 is 10.5 Å². The van der Waals surface area contributed by atoms with Gasteiger partial charge in [0.15, 0.2) is 0 Å². The molecule has 0 aromatic heterocycles. The predicted molar refractivity (Wildman–Crippen MR) is 80.3 cm³/mol. The van der Waals surface area contributed by atoms with Crippen molar-refractivity contribution >= 4 is 29.0 Å². The number of thiocarbonyl (C=S) groups is 1. The average Bonchev–Trinajstić information content (AvgIpc) is 2.26. The molecule has 1 rings (SSSR count). The maximum Gasteiger partial charge on any atom is 0.125 e. The van der Waals surface area contributed by atoms with E-state index in [9.17, 15) is 0 Å². The fraction of sp³-hybridized carbons (Fsp3) is 0.462. The van der Waals surface area contributed by atoms with E-state index < -0.39 is 0 Å². The van der Waals surface area contributed by atoms with Crippen molar-refractivity contribution in [2.24, 2.45) is 5.73 Å². The van der Waals surface area contributed by atoms with E-state index in [-0.39, 0.29) is 0 Å². The molecule has 1 aromatic rings. The molecule has 0 radical (unpaired) electrons.